The minimum atomic E-state index is 0.619. The lowest BCUT2D eigenvalue weighted by atomic mass is 9.91. The van der Waals surface area contributed by atoms with Crippen molar-refractivity contribution in [3.05, 3.63) is 152 Å². The molecule has 8 aromatic carbocycles. The normalized spacial score (nSPS) is 12.1. The number of rotatable bonds is 1. The fourth-order valence-electron chi connectivity index (χ4n) is 7.78. The predicted molar refractivity (Wildman–Crippen MR) is 204 cm³/mol. The molecule has 4 nitrogen and oxygen atoms in total. The van der Waals surface area contributed by atoms with Crippen molar-refractivity contribution in [1.29, 1.82) is 0 Å². The van der Waals surface area contributed by atoms with Crippen LogP contribution in [-0.2, 0) is 0 Å². The zero-order chi connectivity index (χ0) is 32.1. The SMILES string of the molecule is c1ccc(-c2nc3nc(n2)c2cccc4oc5ccc(cc5c42)c2cc4c5ccccc5c5ccccc5c4cc2c2cccc3c2)cc1. The van der Waals surface area contributed by atoms with Gasteiger partial charge in [0.2, 0.25) is 0 Å². The van der Waals surface area contributed by atoms with E-state index in [2.05, 4.69) is 109 Å². The molecule has 0 atom stereocenters. The van der Waals surface area contributed by atoms with Crippen LogP contribution in [0.15, 0.2) is 156 Å². The average molecular weight is 624 g/mol. The Morgan fingerprint density at radius 3 is 1.65 bits per heavy atom. The molecule has 0 fully saturated rings. The molecule has 226 valence electrons. The van der Waals surface area contributed by atoms with Crippen LogP contribution in [0.1, 0.15) is 0 Å². The zero-order valence-corrected chi connectivity index (χ0v) is 26.2. The summed E-state index contributed by atoms with van der Waals surface area (Å²) in [5, 5.41) is 15.9. The highest BCUT2D eigenvalue weighted by Gasteiger charge is 2.15. The van der Waals surface area contributed by atoms with Crippen LogP contribution < -0.4 is 0 Å². The number of furan rings is 1. The van der Waals surface area contributed by atoms with Crippen molar-refractivity contribution < 1.29 is 4.42 Å². The molecule has 0 aliphatic carbocycles. The fourth-order valence-corrected chi connectivity index (χ4v) is 7.78. The molecule has 0 saturated heterocycles. The molecule has 0 N–H and O–H groups in total. The van der Waals surface area contributed by atoms with Gasteiger partial charge >= 0.3 is 0 Å². The van der Waals surface area contributed by atoms with Crippen LogP contribution in [-0.4, -0.2) is 15.0 Å². The van der Waals surface area contributed by atoms with Crippen molar-refractivity contribution in [2.24, 2.45) is 0 Å². The molecule has 6 bridgehead atoms. The summed E-state index contributed by atoms with van der Waals surface area (Å²) in [5.41, 5.74) is 3.83. The van der Waals surface area contributed by atoms with Gasteiger partial charge in [-0.1, -0.05) is 115 Å². The van der Waals surface area contributed by atoms with Crippen molar-refractivity contribution in [3.63, 3.8) is 0 Å². The zero-order valence-electron chi connectivity index (χ0n) is 26.2. The summed E-state index contributed by atoms with van der Waals surface area (Å²) in [4.78, 5) is 15.3. The smallest absolute Gasteiger partial charge is 0.164 e. The quantitative estimate of drug-likeness (QED) is 0.171. The second kappa shape index (κ2) is 9.93. The first kappa shape index (κ1) is 26.4. The van der Waals surface area contributed by atoms with E-state index < -0.39 is 0 Å². The highest BCUT2D eigenvalue weighted by Crippen LogP contribution is 2.40. The Kier molecular flexibility index (Phi) is 5.35. The van der Waals surface area contributed by atoms with Gasteiger partial charge in [0.1, 0.15) is 11.2 Å². The Bertz CT molecular complexity index is 3220. The topological polar surface area (TPSA) is 51.8 Å². The molecular formula is C45H25N3O. The Labute approximate surface area is 279 Å². The van der Waals surface area contributed by atoms with Gasteiger partial charge in [-0.15, -0.1) is 0 Å². The molecular weight excluding hydrogens is 599 g/mol. The molecule has 0 saturated carbocycles. The Hall–Kier alpha value is -6.65. The van der Waals surface area contributed by atoms with Crippen molar-refractivity contribution in [2.75, 3.05) is 0 Å². The second-order valence-corrected chi connectivity index (χ2v) is 12.8. The number of hydrogen-bond donors (Lipinski definition) is 0. The third kappa shape index (κ3) is 3.89. The third-order valence-corrected chi connectivity index (χ3v) is 10.0. The summed E-state index contributed by atoms with van der Waals surface area (Å²) in [5.74, 6) is 0.635. The van der Waals surface area contributed by atoms with E-state index in [1.165, 1.54) is 32.3 Å². The van der Waals surface area contributed by atoms with E-state index in [1.807, 2.05) is 42.5 Å². The molecule has 49 heavy (non-hydrogen) atoms. The van der Waals surface area contributed by atoms with E-state index >= 15 is 0 Å². The number of fused-ring (bicyclic) bond motifs is 16. The molecule has 0 aliphatic heterocycles. The Balaban J connectivity index is 1.43. The molecule has 0 spiro atoms. The highest BCUT2D eigenvalue weighted by molar-refractivity contribution is 6.29. The third-order valence-electron chi connectivity index (χ3n) is 10.0. The first-order valence-electron chi connectivity index (χ1n) is 16.5. The monoisotopic (exact) mass is 623 g/mol. The molecule has 0 unspecified atom stereocenters. The molecule has 4 heteroatoms. The van der Waals surface area contributed by atoms with Crippen molar-refractivity contribution in [2.45, 2.75) is 0 Å². The van der Waals surface area contributed by atoms with E-state index in [1.54, 1.807) is 0 Å². The summed E-state index contributed by atoms with van der Waals surface area (Å²) in [7, 11) is 0. The summed E-state index contributed by atoms with van der Waals surface area (Å²) in [6, 6.07) is 53.7. The first-order chi connectivity index (χ1) is 24.3. The van der Waals surface area contributed by atoms with E-state index in [0.717, 1.165) is 59.8 Å². The lowest BCUT2D eigenvalue weighted by Crippen LogP contribution is -1.94. The summed E-state index contributed by atoms with van der Waals surface area (Å²) < 4.78 is 6.47. The molecule has 3 aromatic heterocycles. The van der Waals surface area contributed by atoms with Crippen molar-refractivity contribution in [1.82, 2.24) is 15.0 Å². The molecule has 0 radical (unpaired) electrons. The van der Waals surface area contributed by atoms with Gasteiger partial charge in [0.25, 0.3) is 0 Å². The Morgan fingerprint density at radius 1 is 0.327 bits per heavy atom. The van der Waals surface area contributed by atoms with Gasteiger partial charge in [0, 0.05) is 27.1 Å². The van der Waals surface area contributed by atoms with Gasteiger partial charge in [-0.2, -0.15) is 0 Å². The lowest BCUT2D eigenvalue weighted by molar-refractivity contribution is 0.669. The van der Waals surface area contributed by atoms with Gasteiger partial charge in [-0.25, -0.2) is 15.0 Å². The van der Waals surface area contributed by atoms with E-state index in [4.69, 9.17) is 19.4 Å². The summed E-state index contributed by atoms with van der Waals surface area (Å²) >= 11 is 0. The molecule has 3 heterocycles. The largest absolute Gasteiger partial charge is 0.456 e. The maximum absolute atomic E-state index is 6.47. The standard InChI is InChI=1S/C45H25N3O/c1-2-10-26(11-3-1)43-46-44-29-13-8-12-27(22-29)35-24-37-32-16-6-4-14-30(32)31-15-5-7-17-33(31)38(37)25-36(35)28-20-21-40-39(23-28)42-34(45(47-43)48-44)18-9-19-41(42)49-40/h1-25H. The van der Waals surface area contributed by atoms with Gasteiger partial charge in [-0.05, 0) is 90.3 Å². The molecule has 0 aliphatic rings. The van der Waals surface area contributed by atoms with E-state index in [9.17, 15) is 0 Å². The van der Waals surface area contributed by atoms with Crippen LogP contribution in [0.2, 0.25) is 0 Å². The van der Waals surface area contributed by atoms with Crippen LogP contribution in [0.5, 0.6) is 0 Å². The molecule has 11 aromatic rings. The maximum atomic E-state index is 6.47. The fraction of sp³-hybridized carbons (Fsp3) is 0. The second-order valence-electron chi connectivity index (χ2n) is 12.8. The molecule has 0 amide bonds. The van der Waals surface area contributed by atoms with Crippen molar-refractivity contribution >= 4 is 97.9 Å². The summed E-state index contributed by atoms with van der Waals surface area (Å²) in [6.45, 7) is 0. The van der Waals surface area contributed by atoms with Gasteiger partial charge in [-0.3, -0.25) is 0 Å². The predicted octanol–water partition coefficient (Wildman–Crippen LogP) is 12.1. The van der Waals surface area contributed by atoms with Gasteiger partial charge < -0.3 is 4.42 Å². The van der Waals surface area contributed by atoms with Crippen molar-refractivity contribution in [3.8, 4) is 11.4 Å². The van der Waals surface area contributed by atoms with E-state index in [0.29, 0.717) is 17.1 Å². The highest BCUT2D eigenvalue weighted by atomic mass is 16.3. The van der Waals surface area contributed by atoms with Crippen LogP contribution in [0.3, 0.4) is 0 Å². The Morgan fingerprint density at radius 2 is 0.918 bits per heavy atom. The van der Waals surface area contributed by atoms with Crippen LogP contribution in [0.4, 0.5) is 0 Å². The maximum Gasteiger partial charge on any atom is 0.164 e. The first-order valence-corrected chi connectivity index (χ1v) is 16.5. The number of benzene rings is 8. The molecule has 11 rings (SSSR count). The summed E-state index contributed by atoms with van der Waals surface area (Å²) in [6.07, 6.45) is 0. The van der Waals surface area contributed by atoms with Gasteiger partial charge in [0.05, 0.1) is 0 Å². The number of hydrogen-bond acceptors (Lipinski definition) is 4. The van der Waals surface area contributed by atoms with Crippen LogP contribution in [0, 0.1) is 0 Å². The number of aromatic nitrogens is 3. The van der Waals surface area contributed by atoms with Crippen LogP contribution in [0.25, 0.3) is 109 Å². The van der Waals surface area contributed by atoms with Gasteiger partial charge in [0.15, 0.2) is 17.1 Å². The average Bonchev–Trinajstić information content (AvgIpc) is 3.56. The minimum absolute atomic E-state index is 0.619. The van der Waals surface area contributed by atoms with Crippen LogP contribution >= 0.6 is 0 Å². The lowest BCUT2D eigenvalue weighted by Gasteiger charge is -2.12. The number of nitrogens with zero attached hydrogens (tertiary/aromatic N) is 3. The van der Waals surface area contributed by atoms with E-state index in [-0.39, 0.29) is 0 Å². The minimum Gasteiger partial charge on any atom is -0.456 e.